The number of hydrogen-bond acceptors (Lipinski definition) is 2. The zero-order chi connectivity index (χ0) is 11.8. The van der Waals surface area contributed by atoms with E-state index in [0.717, 1.165) is 30.8 Å². The van der Waals surface area contributed by atoms with Gasteiger partial charge < -0.3 is 10.3 Å². The quantitative estimate of drug-likeness (QED) is 0.814. The molecule has 3 heteroatoms. The molecule has 17 heavy (non-hydrogen) atoms. The number of benzene rings is 1. The summed E-state index contributed by atoms with van der Waals surface area (Å²) >= 11 is 0. The lowest BCUT2D eigenvalue weighted by atomic mass is 10.1. The van der Waals surface area contributed by atoms with Crippen molar-refractivity contribution in [2.24, 2.45) is 5.73 Å². The molecule has 1 aliphatic rings. The van der Waals surface area contributed by atoms with Crippen LogP contribution < -0.4 is 5.73 Å². The highest BCUT2D eigenvalue weighted by Gasteiger charge is 2.19. The van der Waals surface area contributed by atoms with E-state index in [-0.39, 0.29) is 6.17 Å². The second-order valence-corrected chi connectivity index (χ2v) is 4.72. The smallest absolute Gasteiger partial charge is 0.110 e. The van der Waals surface area contributed by atoms with Crippen molar-refractivity contribution in [3.8, 4) is 11.3 Å². The molecule has 0 amide bonds. The zero-order valence-electron chi connectivity index (χ0n) is 10.1. The Kier molecular flexibility index (Phi) is 2.48. The zero-order valence-corrected chi connectivity index (χ0v) is 10.1. The molecule has 1 atom stereocenters. The molecule has 0 bridgehead atoms. The minimum Gasteiger partial charge on any atom is -0.318 e. The van der Waals surface area contributed by atoms with Crippen molar-refractivity contribution in [1.82, 2.24) is 9.55 Å². The molecule has 2 N–H and O–H groups in total. The number of rotatable bonds is 1. The summed E-state index contributed by atoms with van der Waals surface area (Å²) in [5, 5.41) is 0. The fourth-order valence-corrected chi connectivity index (χ4v) is 2.50. The molecule has 0 spiro atoms. The second-order valence-electron chi connectivity index (χ2n) is 4.72. The maximum absolute atomic E-state index is 6.10. The molecule has 0 saturated carbocycles. The van der Waals surface area contributed by atoms with Crippen LogP contribution in [0.25, 0.3) is 11.3 Å². The van der Waals surface area contributed by atoms with Crippen LogP contribution in [0.15, 0.2) is 30.5 Å². The molecular weight excluding hydrogens is 210 g/mol. The minimum absolute atomic E-state index is 0.101. The van der Waals surface area contributed by atoms with Gasteiger partial charge in [0.05, 0.1) is 11.9 Å². The van der Waals surface area contributed by atoms with Gasteiger partial charge in [-0.15, -0.1) is 0 Å². The maximum atomic E-state index is 6.10. The number of aromatic nitrogens is 2. The van der Waals surface area contributed by atoms with Crippen LogP contribution in [0.3, 0.4) is 0 Å². The van der Waals surface area contributed by atoms with E-state index in [4.69, 9.17) is 10.7 Å². The van der Waals surface area contributed by atoms with Crippen LogP contribution in [0.2, 0.25) is 0 Å². The van der Waals surface area contributed by atoms with E-state index >= 15 is 0 Å². The first kappa shape index (κ1) is 10.5. The van der Waals surface area contributed by atoms with Crippen LogP contribution in [-0.2, 0) is 6.42 Å². The number of nitrogens with zero attached hydrogens (tertiary/aromatic N) is 2. The Bertz CT molecular complexity index is 542. The molecular formula is C14H17N3. The first-order valence-corrected chi connectivity index (χ1v) is 6.15. The number of aryl methyl sites for hydroxylation is 2. The molecule has 2 heterocycles. The van der Waals surface area contributed by atoms with Gasteiger partial charge >= 0.3 is 0 Å². The van der Waals surface area contributed by atoms with Gasteiger partial charge in [-0.1, -0.05) is 24.3 Å². The maximum Gasteiger partial charge on any atom is 0.110 e. The largest absolute Gasteiger partial charge is 0.318 e. The topological polar surface area (TPSA) is 43.8 Å². The van der Waals surface area contributed by atoms with Gasteiger partial charge in [-0.25, -0.2) is 4.98 Å². The van der Waals surface area contributed by atoms with Crippen molar-refractivity contribution in [3.05, 3.63) is 41.9 Å². The first-order valence-electron chi connectivity index (χ1n) is 6.15. The van der Waals surface area contributed by atoms with Gasteiger partial charge in [0.1, 0.15) is 5.82 Å². The molecule has 1 aromatic heterocycles. The highest BCUT2D eigenvalue weighted by atomic mass is 15.2. The molecule has 3 rings (SSSR count). The fourth-order valence-electron chi connectivity index (χ4n) is 2.50. The summed E-state index contributed by atoms with van der Waals surface area (Å²) in [6.07, 6.45) is 5.44. The summed E-state index contributed by atoms with van der Waals surface area (Å²) in [6.45, 7) is 2.12. The van der Waals surface area contributed by atoms with Crippen molar-refractivity contribution < 1.29 is 0 Å². The Balaban J connectivity index is 2.08. The predicted octanol–water partition coefficient (Wildman–Crippen LogP) is 2.65. The average Bonchev–Trinajstić information content (AvgIpc) is 2.75. The Labute approximate surface area is 101 Å². The third-order valence-corrected chi connectivity index (χ3v) is 3.49. The average molecular weight is 227 g/mol. The molecule has 0 aliphatic carbocycles. The summed E-state index contributed by atoms with van der Waals surface area (Å²) in [5.41, 5.74) is 9.62. The number of fused-ring (bicyclic) bond motifs is 1. The van der Waals surface area contributed by atoms with E-state index in [1.54, 1.807) is 0 Å². The van der Waals surface area contributed by atoms with Gasteiger partial charge in [0.15, 0.2) is 0 Å². The molecule has 3 nitrogen and oxygen atoms in total. The Hall–Kier alpha value is -1.61. The van der Waals surface area contributed by atoms with Crippen LogP contribution in [0, 0.1) is 6.92 Å². The normalized spacial score (nSPS) is 19.1. The second kappa shape index (κ2) is 4.00. The van der Waals surface area contributed by atoms with E-state index in [1.165, 1.54) is 11.1 Å². The van der Waals surface area contributed by atoms with Crippen LogP contribution in [0.5, 0.6) is 0 Å². The number of hydrogen-bond donors (Lipinski definition) is 1. The van der Waals surface area contributed by atoms with Crippen LogP contribution >= 0.6 is 0 Å². The van der Waals surface area contributed by atoms with Crippen LogP contribution in [0.1, 0.15) is 30.4 Å². The van der Waals surface area contributed by atoms with Crippen LogP contribution in [0.4, 0.5) is 0 Å². The van der Waals surface area contributed by atoms with Crippen LogP contribution in [-0.4, -0.2) is 9.55 Å². The van der Waals surface area contributed by atoms with Gasteiger partial charge in [0.25, 0.3) is 0 Å². The summed E-state index contributed by atoms with van der Waals surface area (Å²) < 4.78 is 2.13. The summed E-state index contributed by atoms with van der Waals surface area (Å²) in [6, 6.07) is 8.35. The summed E-state index contributed by atoms with van der Waals surface area (Å²) in [5.74, 6) is 1.13. The van der Waals surface area contributed by atoms with E-state index in [0.29, 0.717) is 0 Å². The lowest BCUT2D eigenvalue weighted by molar-refractivity contribution is 0.408. The van der Waals surface area contributed by atoms with E-state index in [1.807, 2.05) is 0 Å². The lowest BCUT2D eigenvalue weighted by Crippen LogP contribution is -2.24. The third-order valence-electron chi connectivity index (χ3n) is 3.49. The van der Waals surface area contributed by atoms with Gasteiger partial charge in [0, 0.05) is 18.2 Å². The minimum atomic E-state index is 0.101. The first-order chi connectivity index (χ1) is 8.25. The molecule has 1 unspecified atom stereocenters. The van der Waals surface area contributed by atoms with Crippen molar-refractivity contribution in [3.63, 3.8) is 0 Å². The van der Waals surface area contributed by atoms with E-state index in [9.17, 15) is 0 Å². The molecule has 0 fully saturated rings. The van der Waals surface area contributed by atoms with Gasteiger partial charge in [-0.05, 0) is 25.3 Å². The Morgan fingerprint density at radius 2 is 2.18 bits per heavy atom. The molecule has 1 aromatic carbocycles. The SMILES string of the molecule is Cc1ccccc1-c1cn2c(n1)CCCC2N. The van der Waals surface area contributed by atoms with Crippen molar-refractivity contribution in [2.45, 2.75) is 32.4 Å². The Morgan fingerprint density at radius 1 is 1.35 bits per heavy atom. The Morgan fingerprint density at radius 3 is 2.94 bits per heavy atom. The van der Waals surface area contributed by atoms with E-state index < -0.39 is 0 Å². The van der Waals surface area contributed by atoms with Gasteiger partial charge in [-0.2, -0.15) is 0 Å². The number of nitrogens with two attached hydrogens (primary N) is 1. The fraction of sp³-hybridized carbons (Fsp3) is 0.357. The highest BCUT2D eigenvalue weighted by Crippen LogP contribution is 2.27. The third kappa shape index (κ3) is 1.76. The van der Waals surface area contributed by atoms with Gasteiger partial charge in [0.2, 0.25) is 0 Å². The monoisotopic (exact) mass is 227 g/mol. The molecule has 1 aliphatic heterocycles. The van der Waals surface area contributed by atoms with Gasteiger partial charge in [-0.3, -0.25) is 0 Å². The molecule has 0 saturated heterocycles. The van der Waals surface area contributed by atoms with Crippen molar-refractivity contribution in [2.75, 3.05) is 0 Å². The van der Waals surface area contributed by atoms with E-state index in [2.05, 4.69) is 42.0 Å². The lowest BCUT2D eigenvalue weighted by Gasteiger charge is -2.20. The summed E-state index contributed by atoms with van der Waals surface area (Å²) in [4.78, 5) is 4.72. The van der Waals surface area contributed by atoms with Crippen molar-refractivity contribution in [1.29, 1.82) is 0 Å². The highest BCUT2D eigenvalue weighted by molar-refractivity contribution is 5.63. The predicted molar refractivity (Wildman–Crippen MR) is 68.6 cm³/mol. The molecule has 0 radical (unpaired) electrons. The molecule has 88 valence electrons. The van der Waals surface area contributed by atoms with Crippen molar-refractivity contribution >= 4 is 0 Å². The summed E-state index contributed by atoms with van der Waals surface area (Å²) in [7, 11) is 0. The number of imidazole rings is 1. The standard InChI is InChI=1S/C14H17N3/c1-10-5-2-3-6-11(10)12-9-17-13(15)7-4-8-14(17)16-12/h2-3,5-6,9,13H,4,7-8,15H2,1H3. The molecule has 2 aromatic rings.